The SMILES string of the molecule is CC[C@H](N)c1ccc(Sc2ccccn2)cc1. The van der Waals surface area contributed by atoms with Crippen LogP contribution in [-0.2, 0) is 0 Å². The van der Waals surface area contributed by atoms with Gasteiger partial charge in [0.05, 0.1) is 0 Å². The maximum Gasteiger partial charge on any atom is 0.101 e. The molecule has 2 aromatic rings. The molecule has 17 heavy (non-hydrogen) atoms. The molecular weight excluding hydrogens is 228 g/mol. The lowest BCUT2D eigenvalue weighted by Gasteiger charge is -2.09. The smallest absolute Gasteiger partial charge is 0.101 e. The van der Waals surface area contributed by atoms with Crippen LogP contribution in [0.3, 0.4) is 0 Å². The molecule has 88 valence electrons. The van der Waals surface area contributed by atoms with Crippen molar-refractivity contribution < 1.29 is 0 Å². The maximum absolute atomic E-state index is 5.98. The van der Waals surface area contributed by atoms with Gasteiger partial charge in [0.15, 0.2) is 0 Å². The summed E-state index contributed by atoms with van der Waals surface area (Å²) >= 11 is 1.66. The van der Waals surface area contributed by atoms with Crippen molar-refractivity contribution in [2.75, 3.05) is 0 Å². The van der Waals surface area contributed by atoms with E-state index in [0.29, 0.717) is 0 Å². The molecule has 1 aromatic heterocycles. The van der Waals surface area contributed by atoms with E-state index in [-0.39, 0.29) is 6.04 Å². The van der Waals surface area contributed by atoms with Gasteiger partial charge in [-0.2, -0.15) is 0 Å². The molecule has 0 spiro atoms. The van der Waals surface area contributed by atoms with Gasteiger partial charge in [0.2, 0.25) is 0 Å². The molecule has 2 nitrogen and oxygen atoms in total. The van der Waals surface area contributed by atoms with Gasteiger partial charge in [-0.1, -0.05) is 36.9 Å². The number of nitrogens with zero attached hydrogens (tertiary/aromatic N) is 1. The summed E-state index contributed by atoms with van der Waals surface area (Å²) in [7, 11) is 0. The first-order chi connectivity index (χ1) is 8.29. The van der Waals surface area contributed by atoms with E-state index in [1.54, 1.807) is 11.8 Å². The third-order valence-corrected chi connectivity index (χ3v) is 3.57. The summed E-state index contributed by atoms with van der Waals surface area (Å²) in [6, 6.07) is 14.5. The van der Waals surface area contributed by atoms with E-state index in [1.807, 2.05) is 24.4 Å². The Morgan fingerprint density at radius 2 is 1.94 bits per heavy atom. The Kier molecular flexibility index (Phi) is 4.18. The van der Waals surface area contributed by atoms with Crippen molar-refractivity contribution in [1.29, 1.82) is 0 Å². The first-order valence-electron chi connectivity index (χ1n) is 5.74. The van der Waals surface area contributed by atoms with Gasteiger partial charge in [0.25, 0.3) is 0 Å². The fourth-order valence-electron chi connectivity index (χ4n) is 1.55. The van der Waals surface area contributed by atoms with Crippen LogP contribution in [0.25, 0.3) is 0 Å². The second-order valence-corrected chi connectivity index (χ2v) is 4.95. The van der Waals surface area contributed by atoms with Crippen LogP contribution in [0, 0.1) is 0 Å². The number of hydrogen-bond donors (Lipinski definition) is 1. The summed E-state index contributed by atoms with van der Waals surface area (Å²) < 4.78 is 0. The Labute approximate surface area is 106 Å². The lowest BCUT2D eigenvalue weighted by Crippen LogP contribution is -2.07. The maximum atomic E-state index is 5.98. The Balaban J connectivity index is 2.08. The van der Waals surface area contributed by atoms with Gasteiger partial charge < -0.3 is 5.73 Å². The van der Waals surface area contributed by atoms with Crippen molar-refractivity contribution in [1.82, 2.24) is 4.98 Å². The summed E-state index contributed by atoms with van der Waals surface area (Å²) in [4.78, 5) is 5.48. The Bertz CT molecular complexity index is 453. The van der Waals surface area contributed by atoms with Crippen LogP contribution in [0.5, 0.6) is 0 Å². The minimum Gasteiger partial charge on any atom is -0.324 e. The largest absolute Gasteiger partial charge is 0.324 e. The molecule has 0 saturated carbocycles. The zero-order chi connectivity index (χ0) is 12.1. The quantitative estimate of drug-likeness (QED) is 0.892. The normalized spacial score (nSPS) is 12.4. The molecule has 1 atom stereocenters. The van der Waals surface area contributed by atoms with Crippen molar-refractivity contribution >= 4 is 11.8 Å². The minimum atomic E-state index is 0.143. The monoisotopic (exact) mass is 244 g/mol. The molecule has 1 aromatic carbocycles. The van der Waals surface area contributed by atoms with Gasteiger partial charge in [-0.25, -0.2) is 4.98 Å². The van der Waals surface area contributed by atoms with Crippen LogP contribution in [0.1, 0.15) is 24.9 Å². The molecular formula is C14H16N2S. The van der Waals surface area contributed by atoms with Gasteiger partial charge >= 0.3 is 0 Å². The molecule has 0 unspecified atom stereocenters. The van der Waals surface area contributed by atoms with Crippen molar-refractivity contribution in [3.05, 3.63) is 54.2 Å². The average Bonchev–Trinajstić information content (AvgIpc) is 2.40. The molecule has 0 fully saturated rings. The molecule has 2 rings (SSSR count). The fraction of sp³-hybridized carbons (Fsp3) is 0.214. The third-order valence-electron chi connectivity index (χ3n) is 2.61. The van der Waals surface area contributed by atoms with E-state index >= 15 is 0 Å². The number of pyridine rings is 1. The van der Waals surface area contributed by atoms with Crippen LogP contribution >= 0.6 is 11.8 Å². The lowest BCUT2D eigenvalue weighted by atomic mass is 10.1. The van der Waals surface area contributed by atoms with E-state index in [1.165, 1.54) is 10.5 Å². The molecule has 0 saturated heterocycles. The topological polar surface area (TPSA) is 38.9 Å². The summed E-state index contributed by atoms with van der Waals surface area (Å²) in [6.07, 6.45) is 2.77. The molecule has 0 bridgehead atoms. The van der Waals surface area contributed by atoms with Gasteiger partial charge in [-0.15, -0.1) is 0 Å². The number of nitrogens with two attached hydrogens (primary N) is 1. The highest BCUT2D eigenvalue weighted by molar-refractivity contribution is 7.99. The third kappa shape index (κ3) is 3.32. The van der Waals surface area contributed by atoms with E-state index in [4.69, 9.17) is 5.73 Å². The fourth-order valence-corrected chi connectivity index (χ4v) is 2.32. The number of hydrogen-bond acceptors (Lipinski definition) is 3. The molecule has 2 N–H and O–H groups in total. The first kappa shape index (κ1) is 12.1. The number of rotatable bonds is 4. The zero-order valence-electron chi connectivity index (χ0n) is 9.84. The molecule has 0 aliphatic rings. The first-order valence-corrected chi connectivity index (χ1v) is 6.55. The molecule has 0 aliphatic carbocycles. The molecule has 0 radical (unpaired) electrons. The zero-order valence-corrected chi connectivity index (χ0v) is 10.7. The van der Waals surface area contributed by atoms with Crippen molar-refractivity contribution in [3.8, 4) is 0 Å². The van der Waals surface area contributed by atoms with E-state index < -0.39 is 0 Å². The Morgan fingerprint density at radius 1 is 1.18 bits per heavy atom. The van der Waals surface area contributed by atoms with Gasteiger partial charge in [-0.3, -0.25) is 0 Å². The standard InChI is InChI=1S/C14H16N2S/c1-2-13(15)11-6-8-12(9-7-11)17-14-5-3-4-10-16-14/h3-10,13H,2,15H2,1H3/t13-/m0/s1. The van der Waals surface area contributed by atoms with Crippen LogP contribution in [0.4, 0.5) is 0 Å². The van der Waals surface area contributed by atoms with E-state index in [9.17, 15) is 0 Å². The predicted octanol–water partition coefficient (Wildman–Crippen LogP) is 3.64. The van der Waals surface area contributed by atoms with E-state index in [2.05, 4.69) is 36.2 Å². The Morgan fingerprint density at radius 3 is 2.53 bits per heavy atom. The number of benzene rings is 1. The average molecular weight is 244 g/mol. The Hall–Kier alpha value is -1.32. The summed E-state index contributed by atoms with van der Waals surface area (Å²) in [6.45, 7) is 2.10. The summed E-state index contributed by atoms with van der Waals surface area (Å²) in [5.41, 5.74) is 7.17. The van der Waals surface area contributed by atoms with Gasteiger partial charge in [-0.05, 0) is 36.2 Å². The summed E-state index contributed by atoms with van der Waals surface area (Å²) in [5, 5.41) is 1.01. The van der Waals surface area contributed by atoms with Crippen LogP contribution in [0.15, 0.2) is 58.6 Å². The van der Waals surface area contributed by atoms with Crippen molar-refractivity contribution in [3.63, 3.8) is 0 Å². The highest BCUT2D eigenvalue weighted by atomic mass is 32.2. The molecule has 0 amide bonds. The molecule has 1 heterocycles. The molecule has 0 aliphatic heterocycles. The lowest BCUT2D eigenvalue weighted by molar-refractivity contribution is 0.698. The van der Waals surface area contributed by atoms with Crippen LogP contribution in [0.2, 0.25) is 0 Å². The van der Waals surface area contributed by atoms with Crippen LogP contribution < -0.4 is 5.73 Å². The van der Waals surface area contributed by atoms with Gasteiger partial charge in [0, 0.05) is 17.1 Å². The van der Waals surface area contributed by atoms with E-state index in [0.717, 1.165) is 11.4 Å². The number of aromatic nitrogens is 1. The predicted molar refractivity (Wildman–Crippen MR) is 72.0 cm³/mol. The van der Waals surface area contributed by atoms with Crippen molar-refractivity contribution in [2.45, 2.75) is 29.3 Å². The van der Waals surface area contributed by atoms with Crippen LogP contribution in [-0.4, -0.2) is 4.98 Å². The summed E-state index contributed by atoms with van der Waals surface area (Å²) in [5.74, 6) is 0. The van der Waals surface area contributed by atoms with Crippen molar-refractivity contribution in [2.24, 2.45) is 5.73 Å². The van der Waals surface area contributed by atoms with Gasteiger partial charge in [0.1, 0.15) is 5.03 Å². The highest BCUT2D eigenvalue weighted by Gasteiger charge is 2.03. The highest BCUT2D eigenvalue weighted by Crippen LogP contribution is 2.26. The minimum absolute atomic E-state index is 0.143. The molecule has 3 heteroatoms. The second kappa shape index (κ2) is 5.84. The second-order valence-electron chi connectivity index (χ2n) is 3.85.